The van der Waals surface area contributed by atoms with Crippen LogP contribution in [-0.2, 0) is 4.74 Å². The van der Waals surface area contributed by atoms with Crippen LogP contribution in [0.5, 0.6) is 0 Å². The van der Waals surface area contributed by atoms with Crippen LogP contribution < -0.4 is 0 Å². The van der Waals surface area contributed by atoms with E-state index in [1.807, 2.05) is 0 Å². The summed E-state index contributed by atoms with van der Waals surface area (Å²) in [5.41, 5.74) is 1.07. The first-order valence-electron chi connectivity index (χ1n) is 5.41. The second kappa shape index (κ2) is 5.26. The number of nitrogens with zero attached hydrogens (tertiary/aromatic N) is 2. The van der Waals surface area contributed by atoms with Crippen molar-refractivity contribution in [2.75, 3.05) is 7.11 Å². The predicted molar refractivity (Wildman–Crippen MR) is 67.7 cm³/mol. The molecule has 0 saturated heterocycles. The lowest BCUT2D eigenvalue weighted by atomic mass is 10.1. The van der Waals surface area contributed by atoms with Gasteiger partial charge < -0.3 is 4.74 Å². The Morgan fingerprint density at radius 1 is 1.32 bits per heavy atom. The molecular weight excluding hydrogens is 248 g/mol. The maximum Gasteiger partial charge on any atom is 0.340 e. The average Bonchev–Trinajstić information content (AvgIpc) is 2.46. The number of non-ortho nitro benzene ring substituents is 1. The van der Waals surface area contributed by atoms with E-state index in [9.17, 15) is 14.9 Å². The second-order valence-electron chi connectivity index (χ2n) is 3.70. The van der Waals surface area contributed by atoms with Gasteiger partial charge in [0, 0.05) is 23.9 Å². The van der Waals surface area contributed by atoms with Gasteiger partial charge in [-0.25, -0.2) is 4.79 Å². The van der Waals surface area contributed by atoms with E-state index in [4.69, 9.17) is 0 Å². The first-order valence-corrected chi connectivity index (χ1v) is 5.41. The van der Waals surface area contributed by atoms with Crippen molar-refractivity contribution in [2.24, 2.45) is 0 Å². The Balaban J connectivity index is 2.56. The lowest BCUT2D eigenvalue weighted by Crippen LogP contribution is -2.04. The zero-order valence-electron chi connectivity index (χ0n) is 10.1. The van der Waals surface area contributed by atoms with E-state index in [-0.39, 0.29) is 11.3 Å². The number of rotatable bonds is 3. The summed E-state index contributed by atoms with van der Waals surface area (Å²) >= 11 is 0. The molecule has 0 atom stereocenters. The molecule has 0 aliphatic carbocycles. The SMILES string of the molecule is COC(=O)c1cccnc1-c1cccc([N+](=O)[O-])c1. The third-order valence-electron chi connectivity index (χ3n) is 2.54. The van der Waals surface area contributed by atoms with E-state index in [0.29, 0.717) is 11.3 Å². The smallest absolute Gasteiger partial charge is 0.340 e. The molecule has 0 aliphatic heterocycles. The molecule has 0 fully saturated rings. The Morgan fingerprint density at radius 3 is 2.79 bits per heavy atom. The molecule has 6 heteroatoms. The topological polar surface area (TPSA) is 82.3 Å². The molecule has 0 N–H and O–H groups in total. The van der Waals surface area contributed by atoms with Crippen molar-refractivity contribution >= 4 is 11.7 Å². The van der Waals surface area contributed by atoms with E-state index >= 15 is 0 Å². The number of pyridine rings is 1. The number of ether oxygens (including phenoxy) is 1. The fraction of sp³-hybridized carbons (Fsp3) is 0.0769. The number of methoxy groups -OCH3 is 1. The van der Waals surface area contributed by atoms with Gasteiger partial charge in [-0.2, -0.15) is 0 Å². The fourth-order valence-electron chi connectivity index (χ4n) is 1.68. The van der Waals surface area contributed by atoms with Crippen molar-refractivity contribution in [2.45, 2.75) is 0 Å². The van der Waals surface area contributed by atoms with E-state index in [1.165, 1.54) is 25.4 Å². The standard InChI is InChI=1S/C13H10N2O4/c1-19-13(16)11-6-3-7-14-12(11)9-4-2-5-10(8-9)15(17)18/h2-8H,1H3. The third-order valence-corrected chi connectivity index (χ3v) is 2.54. The van der Waals surface area contributed by atoms with Crippen LogP contribution >= 0.6 is 0 Å². The summed E-state index contributed by atoms with van der Waals surface area (Å²) in [5.74, 6) is -0.533. The molecule has 0 amide bonds. The van der Waals surface area contributed by atoms with Gasteiger partial charge in [0.05, 0.1) is 23.3 Å². The molecule has 0 spiro atoms. The minimum Gasteiger partial charge on any atom is -0.465 e. The molecule has 0 radical (unpaired) electrons. The van der Waals surface area contributed by atoms with Gasteiger partial charge in [-0.3, -0.25) is 15.1 Å². The molecule has 2 rings (SSSR count). The Kier molecular flexibility index (Phi) is 3.51. The minimum absolute atomic E-state index is 0.0565. The monoisotopic (exact) mass is 258 g/mol. The van der Waals surface area contributed by atoms with E-state index < -0.39 is 10.9 Å². The Labute approximate surface area is 108 Å². The van der Waals surface area contributed by atoms with Crippen molar-refractivity contribution in [1.29, 1.82) is 0 Å². The van der Waals surface area contributed by atoms with Gasteiger partial charge in [0.15, 0.2) is 0 Å². The fourth-order valence-corrected chi connectivity index (χ4v) is 1.68. The molecule has 6 nitrogen and oxygen atoms in total. The number of nitro benzene ring substituents is 1. The van der Waals surface area contributed by atoms with Crippen molar-refractivity contribution in [1.82, 2.24) is 4.98 Å². The normalized spacial score (nSPS) is 9.95. The van der Waals surface area contributed by atoms with Crippen LogP contribution in [0.1, 0.15) is 10.4 Å². The summed E-state index contributed by atoms with van der Waals surface area (Å²) in [6.07, 6.45) is 1.51. The number of carbonyl (C=O) groups excluding carboxylic acids is 1. The van der Waals surface area contributed by atoms with Gasteiger partial charge in [0.2, 0.25) is 0 Å². The van der Waals surface area contributed by atoms with Crippen LogP contribution in [0.3, 0.4) is 0 Å². The van der Waals surface area contributed by atoms with Crippen LogP contribution in [0.4, 0.5) is 5.69 Å². The molecule has 0 unspecified atom stereocenters. The molecule has 1 heterocycles. The highest BCUT2D eigenvalue weighted by molar-refractivity contribution is 5.96. The van der Waals surface area contributed by atoms with Gasteiger partial charge in [0.1, 0.15) is 0 Å². The van der Waals surface area contributed by atoms with E-state index in [0.717, 1.165) is 0 Å². The Bertz CT molecular complexity index is 640. The number of esters is 1. The summed E-state index contributed by atoms with van der Waals surface area (Å²) in [6.45, 7) is 0. The zero-order valence-corrected chi connectivity index (χ0v) is 10.1. The van der Waals surface area contributed by atoms with Crippen molar-refractivity contribution in [3.63, 3.8) is 0 Å². The van der Waals surface area contributed by atoms with Crippen LogP contribution in [0.25, 0.3) is 11.3 Å². The molecule has 96 valence electrons. The first-order chi connectivity index (χ1) is 9.13. The Hall–Kier alpha value is -2.76. The molecule has 0 saturated carbocycles. The number of nitro groups is 1. The maximum atomic E-state index is 11.6. The number of carbonyl (C=O) groups is 1. The number of benzene rings is 1. The summed E-state index contributed by atoms with van der Waals surface area (Å²) in [6, 6.07) is 9.12. The minimum atomic E-state index is -0.533. The lowest BCUT2D eigenvalue weighted by molar-refractivity contribution is -0.384. The Morgan fingerprint density at radius 2 is 2.11 bits per heavy atom. The highest BCUT2D eigenvalue weighted by Gasteiger charge is 2.16. The molecule has 0 aliphatic rings. The average molecular weight is 258 g/mol. The highest BCUT2D eigenvalue weighted by Crippen LogP contribution is 2.25. The summed E-state index contributed by atoms with van der Waals surface area (Å²) in [5, 5.41) is 10.8. The molecule has 19 heavy (non-hydrogen) atoms. The molecule has 0 bridgehead atoms. The second-order valence-corrected chi connectivity index (χ2v) is 3.70. The van der Waals surface area contributed by atoms with Gasteiger partial charge >= 0.3 is 5.97 Å². The van der Waals surface area contributed by atoms with Gasteiger partial charge in [-0.15, -0.1) is 0 Å². The van der Waals surface area contributed by atoms with Crippen molar-refractivity contribution in [3.8, 4) is 11.3 Å². The van der Waals surface area contributed by atoms with Gasteiger partial charge in [-0.05, 0) is 12.1 Å². The van der Waals surface area contributed by atoms with Crippen LogP contribution in [0.15, 0.2) is 42.6 Å². The molecule has 1 aromatic carbocycles. The number of hydrogen-bond donors (Lipinski definition) is 0. The highest BCUT2D eigenvalue weighted by atomic mass is 16.6. The van der Waals surface area contributed by atoms with E-state index in [1.54, 1.807) is 24.3 Å². The molecule has 1 aromatic heterocycles. The predicted octanol–water partition coefficient (Wildman–Crippen LogP) is 2.44. The lowest BCUT2D eigenvalue weighted by Gasteiger charge is -2.06. The molecule has 2 aromatic rings. The third kappa shape index (κ3) is 2.57. The van der Waals surface area contributed by atoms with Crippen LogP contribution in [-0.4, -0.2) is 23.0 Å². The number of hydrogen-bond acceptors (Lipinski definition) is 5. The van der Waals surface area contributed by atoms with Crippen LogP contribution in [0.2, 0.25) is 0 Å². The summed E-state index contributed by atoms with van der Waals surface area (Å²) < 4.78 is 4.66. The zero-order chi connectivity index (χ0) is 13.8. The van der Waals surface area contributed by atoms with Crippen molar-refractivity contribution < 1.29 is 14.5 Å². The quantitative estimate of drug-likeness (QED) is 0.479. The number of aromatic nitrogens is 1. The van der Waals surface area contributed by atoms with Crippen molar-refractivity contribution in [3.05, 3.63) is 58.3 Å². The summed E-state index contributed by atoms with van der Waals surface area (Å²) in [7, 11) is 1.27. The van der Waals surface area contributed by atoms with Gasteiger partial charge in [0.25, 0.3) is 5.69 Å². The molecular formula is C13H10N2O4. The summed E-state index contributed by atoms with van der Waals surface area (Å²) in [4.78, 5) is 26.0. The van der Waals surface area contributed by atoms with Crippen LogP contribution in [0, 0.1) is 10.1 Å². The maximum absolute atomic E-state index is 11.6. The van der Waals surface area contributed by atoms with E-state index in [2.05, 4.69) is 9.72 Å². The first kappa shape index (κ1) is 12.7. The van der Waals surface area contributed by atoms with Gasteiger partial charge in [-0.1, -0.05) is 12.1 Å². The largest absolute Gasteiger partial charge is 0.465 e.